The van der Waals surface area contributed by atoms with Crippen LogP contribution in [0.4, 0.5) is 5.82 Å². The molecule has 106 valence electrons. The lowest BCUT2D eigenvalue weighted by molar-refractivity contribution is 0.568. The molecule has 2 rings (SSSR count). The summed E-state index contributed by atoms with van der Waals surface area (Å²) in [6.45, 7) is 9.71. The van der Waals surface area contributed by atoms with Gasteiger partial charge in [0.25, 0.3) is 0 Å². The molecule has 0 aliphatic heterocycles. The molecule has 1 fully saturated rings. The second kappa shape index (κ2) is 6.90. The first-order chi connectivity index (χ1) is 9.20. The normalized spacial score (nSPS) is 14.9. The minimum atomic E-state index is 0.737. The Morgan fingerprint density at radius 1 is 1.37 bits per heavy atom. The van der Waals surface area contributed by atoms with Crippen molar-refractivity contribution in [3.63, 3.8) is 0 Å². The van der Waals surface area contributed by atoms with E-state index >= 15 is 0 Å². The number of nitrogens with zero attached hydrogens (tertiary/aromatic N) is 2. The van der Waals surface area contributed by atoms with E-state index in [-0.39, 0.29) is 0 Å². The van der Waals surface area contributed by atoms with Crippen LogP contribution in [0.15, 0.2) is 18.2 Å². The zero-order chi connectivity index (χ0) is 13.7. The summed E-state index contributed by atoms with van der Waals surface area (Å²) in [6.07, 6.45) is 3.91. The Bertz CT molecular complexity index is 385. The van der Waals surface area contributed by atoms with E-state index < -0.39 is 0 Å². The van der Waals surface area contributed by atoms with Crippen molar-refractivity contribution < 1.29 is 0 Å². The standard InChI is InChI=1S/C16H27N3/c1-4-17-12-14-6-5-7-16(18-14)19(15-8-9-15)11-10-13(2)3/h5-7,13,15,17H,4,8-12H2,1-3H3. The molecular weight excluding hydrogens is 234 g/mol. The highest BCUT2D eigenvalue weighted by molar-refractivity contribution is 5.42. The van der Waals surface area contributed by atoms with Crippen molar-refractivity contribution in [1.29, 1.82) is 0 Å². The van der Waals surface area contributed by atoms with Crippen molar-refractivity contribution in [3.8, 4) is 0 Å². The Labute approximate surface area is 117 Å². The molecule has 0 atom stereocenters. The minimum absolute atomic E-state index is 0.737. The lowest BCUT2D eigenvalue weighted by atomic mass is 10.1. The number of rotatable bonds is 8. The summed E-state index contributed by atoms with van der Waals surface area (Å²) in [6, 6.07) is 7.15. The zero-order valence-electron chi connectivity index (χ0n) is 12.5. The molecule has 19 heavy (non-hydrogen) atoms. The third-order valence-electron chi connectivity index (χ3n) is 3.58. The van der Waals surface area contributed by atoms with Crippen molar-refractivity contribution >= 4 is 5.82 Å². The molecule has 0 bridgehead atoms. The largest absolute Gasteiger partial charge is 0.354 e. The molecule has 1 saturated carbocycles. The van der Waals surface area contributed by atoms with Gasteiger partial charge >= 0.3 is 0 Å². The molecule has 0 spiro atoms. The van der Waals surface area contributed by atoms with E-state index in [1.54, 1.807) is 0 Å². The number of nitrogens with one attached hydrogen (secondary N) is 1. The monoisotopic (exact) mass is 261 g/mol. The Hall–Kier alpha value is -1.09. The van der Waals surface area contributed by atoms with E-state index in [0.29, 0.717) is 0 Å². The lowest BCUT2D eigenvalue weighted by Gasteiger charge is -2.25. The van der Waals surface area contributed by atoms with Crippen LogP contribution in [0.2, 0.25) is 0 Å². The van der Waals surface area contributed by atoms with Crippen LogP contribution < -0.4 is 10.2 Å². The highest BCUT2D eigenvalue weighted by atomic mass is 15.2. The molecule has 0 amide bonds. The van der Waals surface area contributed by atoms with E-state index in [1.807, 2.05) is 0 Å². The van der Waals surface area contributed by atoms with Crippen LogP contribution in [0.25, 0.3) is 0 Å². The van der Waals surface area contributed by atoms with Gasteiger partial charge in [0, 0.05) is 19.1 Å². The average molecular weight is 261 g/mol. The summed E-state index contributed by atoms with van der Waals surface area (Å²) in [4.78, 5) is 7.32. The fourth-order valence-corrected chi connectivity index (χ4v) is 2.25. The number of hydrogen-bond donors (Lipinski definition) is 1. The van der Waals surface area contributed by atoms with E-state index in [4.69, 9.17) is 4.98 Å². The second-order valence-electron chi connectivity index (χ2n) is 5.87. The minimum Gasteiger partial charge on any atom is -0.354 e. The Morgan fingerprint density at radius 3 is 2.79 bits per heavy atom. The molecule has 1 aliphatic carbocycles. The van der Waals surface area contributed by atoms with Crippen molar-refractivity contribution in [2.24, 2.45) is 5.92 Å². The zero-order valence-corrected chi connectivity index (χ0v) is 12.5. The highest BCUT2D eigenvalue weighted by Crippen LogP contribution is 2.31. The summed E-state index contributed by atoms with van der Waals surface area (Å²) >= 11 is 0. The van der Waals surface area contributed by atoms with Gasteiger partial charge in [0.2, 0.25) is 0 Å². The van der Waals surface area contributed by atoms with Crippen molar-refractivity contribution in [2.75, 3.05) is 18.0 Å². The molecule has 1 aliphatic rings. The van der Waals surface area contributed by atoms with Gasteiger partial charge in [0.1, 0.15) is 5.82 Å². The topological polar surface area (TPSA) is 28.2 Å². The smallest absolute Gasteiger partial charge is 0.129 e. The molecule has 1 aromatic heterocycles. The number of hydrogen-bond acceptors (Lipinski definition) is 3. The molecule has 1 N–H and O–H groups in total. The van der Waals surface area contributed by atoms with Crippen LogP contribution in [-0.4, -0.2) is 24.1 Å². The van der Waals surface area contributed by atoms with E-state index in [2.05, 4.69) is 49.2 Å². The molecule has 1 aromatic rings. The number of pyridine rings is 1. The van der Waals surface area contributed by atoms with Gasteiger partial charge in [0.15, 0.2) is 0 Å². The van der Waals surface area contributed by atoms with Gasteiger partial charge in [-0.3, -0.25) is 0 Å². The molecule has 0 unspecified atom stereocenters. The van der Waals surface area contributed by atoms with Crippen LogP contribution >= 0.6 is 0 Å². The molecule has 0 aromatic carbocycles. The maximum absolute atomic E-state index is 4.81. The average Bonchev–Trinajstić information content (AvgIpc) is 3.21. The molecule has 0 radical (unpaired) electrons. The number of anilines is 1. The van der Waals surface area contributed by atoms with Crippen LogP contribution in [0, 0.1) is 5.92 Å². The summed E-state index contributed by atoms with van der Waals surface area (Å²) in [5, 5.41) is 3.34. The Kier molecular flexibility index (Phi) is 5.20. The Morgan fingerprint density at radius 2 is 2.16 bits per heavy atom. The van der Waals surface area contributed by atoms with Gasteiger partial charge in [0.05, 0.1) is 5.69 Å². The third-order valence-corrected chi connectivity index (χ3v) is 3.58. The van der Waals surface area contributed by atoms with E-state index in [9.17, 15) is 0 Å². The van der Waals surface area contributed by atoms with Gasteiger partial charge in [-0.25, -0.2) is 4.98 Å². The first-order valence-corrected chi connectivity index (χ1v) is 7.64. The van der Waals surface area contributed by atoms with E-state index in [1.165, 1.54) is 25.1 Å². The quantitative estimate of drug-likeness (QED) is 0.779. The second-order valence-corrected chi connectivity index (χ2v) is 5.87. The van der Waals surface area contributed by atoms with Crippen LogP contribution in [0.1, 0.15) is 45.7 Å². The maximum atomic E-state index is 4.81. The van der Waals surface area contributed by atoms with Crippen LogP contribution in [0.5, 0.6) is 0 Å². The third kappa shape index (κ3) is 4.50. The highest BCUT2D eigenvalue weighted by Gasteiger charge is 2.29. The van der Waals surface area contributed by atoms with Gasteiger partial charge in [-0.15, -0.1) is 0 Å². The summed E-state index contributed by atoms with van der Waals surface area (Å²) in [7, 11) is 0. The van der Waals surface area contributed by atoms with Crippen LogP contribution in [-0.2, 0) is 6.54 Å². The predicted molar refractivity (Wildman–Crippen MR) is 81.4 cm³/mol. The number of aromatic nitrogens is 1. The van der Waals surface area contributed by atoms with E-state index in [0.717, 1.165) is 37.3 Å². The van der Waals surface area contributed by atoms with Crippen molar-refractivity contribution in [1.82, 2.24) is 10.3 Å². The first-order valence-electron chi connectivity index (χ1n) is 7.64. The molecular formula is C16H27N3. The first kappa shape index (κ1) is 14.3. The molecule has 3 nitrogen and oxygen atoms in total. The van der Waals surface area contributed by atoms with Crippen molar-refractivity contribution in [3.05, 3.63) is 23.9 Å². The summed E-state index contributed by atoms with van der Waals surface area (Å²) in [5.41, 5.74) is 1.15. The Balaban J connectivity index is 2.03. The van der Waals surface area contributed by atoms with Gasteiger partial charge in [-0.1, -0.05) is 26.8 Å². The van der Waals surface area contributed by atoms with Crippen molar-refractivity contribution in [2.45, 2.75) is 52.6 Å². The van der Waals surface area contributed by atoms with Gasteiger partial charge in [-0.05, 0) is 43.9 Å². The molecule has 3 heteroatoms. The molecule has 1 heterocycles. The van der Waals surface area contributed by atoms with Crippen LogP contribution in [0.3, 0.4) is 0 Å². The summed E-state index contributed by atoms with van der Waals surface area (Å²) < 4.78 is 0. The fraction of sp³-hybridized carbons (Fsp3) is 0.688. The lowest BCUT2D eigenvalue weighted by Crippen LogP contribution is -2.29. The SMILES string of the molecule is CCNCc1cccc(N(CCC(C)C)C2CC2)n1. The fourth-order valence-electron chi connectivity index (χ4n) is 2.25. The maximum Gasteiger partial charge on any atom is 0.129 e. The summed E-state index contributed by atoms with van der Waals surface area (Å²) in [5.74, 6) is 1.92. The van der Waals surface area contributed by atoms with Gasteiger partial charge in [-0.2, -0.15) is 0 Å². The van der Waals surface area contributed by atoms with Gasteiger partial charge < -0.3 is 10.2 Å². The molecule has 0 saturated heterocycles. The predicted octanol–water partition coefficient (Wildman–Crippen LogP) is 3.21.